The van der Waals surface area contributed by atoms with Gasteiger partial charge in [0.05, 0.1) is 6.26 Å². The molecule has 1 nitrogen and oxygen atoms in total. The van der Waals surface area contributed by atoms with E-state index in [4.69, 9.17) is 4.42 Å². The van der Waals surface area contributed by atoms with Crippen LogP contribution < -0.4 is 0 Å². The minimum Gasteiger partial charge on any atom is -0.464 e. The van der Waals surface area contributed by atoms with Crippen LogP contribution in [-0.4, -0.2) is 0 Å². The van der Waals surface area contributed by atoms with Crippen LogP contribution in [0, 0.1) is 0 Å². The van der Waals surface area contributed by atoms with Crippen molar-refractivity contribution in [2.24, 2.45) is 0 Å². The van der Waals surface area contributed by atoms with Crippen molar-refractivity contribution in [3.8, 4) is 0 Å². The van der Waals surface area contributed by atoms with Crippen LogP contribution >= 0.6 is 0 Å². The summed E-state index contributed by atoms with van der Waals surface area (Å²) in [7, 11) is 0. The zero-order valence-electron chi connectivity index (χ0n) is 8.91. The molecule has 0 aliphatic heterocycles. The molecule has 1 fully saturated rings. The van der Waals surface area contributed by atoms with Crippen LogP contribution in [0.3, 0.4) is 0 Å². The Hall–Kier alpha value is -1.24. The third-order valence-electron chi connectivity index (χ3n) is 3.55. The van der Waals surface area contributed by atoms with E-state index in [1.54, 1.807) is 6.26 Å². The van der Waals surface area contributed by atoms with Crippen molar-refractivity contribution in [1.29, 1.82) is 0 Å². The fraction of sp³-hybridized carbons (Fsp3) is 0.429. The number of rotatable bonds is 1. The summed E-state index contributed by atoms with van der Waals surface area (Å²) in [5.41, 5.74) is 2.51. The van der Waals surface area contributed by atoms with E-state index in [0.717, 1.165) is 11.5 Å². The highest BCUT2D eigenvalue weighted by Gasteiger charge is 2.15. The van der Waals surface area contributed by atoms with Gasteiger partial charge >= 0.3 is 0 Å². The van der Waals surface area contributed by atoms with Gasteiger partial charge in [-0.15, -0.1) is 0 Å². The van der Waals surface area contributed by atoms with Gasteiger partial charge in [0.2, 0.25) is 0 Å². The van der Waals surface area contributed by atoms with E-state index < -0.39 is 0 Å². The summed E-state index contributed by atoms with van der Waals surface area (Å²) in [6.45, 7) is 0. The smallest absolute Gasteiger partial charge is 0.133 e. The average molecular weight is 200 g/mol. The summed E-state index contributed by atoms with van der Waals surface area (Å²) < 4.78 is 5.36. The van der Waals surface area contributed by atoms with E-state index in [2.05, 4.69) is 24.3 Å². The molecule has 15 heavy (non-hydrogen) atoms. The quantitative estimate of drug-likeness (QED) is 0.661. The number of hydrogen-bond donors (Lipinski definition) is 0. The molecule has 0 atom stereocenters. The molecule has 0 saturated heterocycles. The number of hydrogen-bond acceptors (Lipinski definition) is 1. The normalized spacial score (nSPS) is 18.4. The monoisotopic (exact) mass is 200 g/mol. The Morgan fingerprint density at radius 2 is 1.87 bits per heavy atom. The van der Waals surface area contributed by atoms with Crippen LogP contribution in [-0.2, 0) is 0 Å². The van der Waals surface area contributed by atoms with E-state index >= 15 is 0 Å². The summed E-state index contributed by atoms with van der Waals surface area (Å²) in [4.78, 5) is 0. The Morgan fingerprint density at radius 1 is 1.00 bits per heavy atom. The van der Waals surface area contributed by atoms with Crippen LogP contribution in [0.5, 0.6) is 0 Å². The third-order valence-corrected chi connectivity index (χ3v) is 3.55. The van der Waals surface area contributed by atoms with E-state index in [-0.39, 0.29) is 0 Å². The van der Waals surface area contributed by atoms with E-state index in [1.807, 2.05) is 0 Å². The van der Waals surface area contributed by atoms with Gasteiger partial charge in [-0.2, -0.15) is 0 Å². The van der Waals surface area contributed by atoms with Crippen LogP contribution in [0.15, 0.2) is 34.9 Å². The number of fused-ring (bicyclic) bond motifs is 1. The maximum Gasteiger partial charge on any atom is 0.133 e. The zero-order valence-corrected chi connectivity index (χ0v) is 8.91. The standard InChI is InChI=1S/C14H16O/c1-2-4-11(5-3-1)12-6-7-14-13(10-12)8-9-15-14/h6-11H,1-5H2. The summed E-state index contributed by atoms with van der Waals surface area (Å²) in [6.07, 6.45) is 8.72. The number of furan rings is 1. The Bertz CT molecular complexity index is 449. The van der Waals surface area contributed by atoms with E-state index in [0.29, 0.717) is 0 Å². The van der Waals surface area contributed by atoms with Gasteiger partial charge < -0.3 is 4.42 Å². The van der Waals surface area contributed by atoms with Crippen LogP contribution in [0.1, 0.15) is 43.6 Å². The first-order valence-electron chi connectivity index (χ1n) is 5.91. The summed E-state index contributed by atoms with van der Waals surface area (Å²) in [5.74, 6) is 0.790. The molecule has 1 aliphatic carbocycles. The van der Waals surface area contributed by atoms with E-state index in [9.17, 15) is 0 Å². The fourth-order valence-corrected chi connectivity index (χ4v) is 2.67. The fourth-order valence-electron chi connectivity index (χ4n) is 2.67. The van der Waals surface area contributed by atoms with Crippen LogP contribution in [0.2, 0.25) is 0 Å². The molecule has 1 aromatic carbocycles. The SMILES string of the molecule is c1cc2cc(C3CCCCC3)ccc2o1. The topological polar surface area (TPSA) is 13.1 Å². The van der Waals surface area contributed by atoms with Gasteiger partial charge in [-0.05, 0) is 42.5 Å². The van der Waals surface area contributed by atoms with Gasteiger partial charge in [0.15, 0.2) is 0 Å². The van der Waals surface area contributed by atoms with Crippen molar-refractivity contribution >= 4 is 11.0 Å². The highest BCUT2D eigenvalue weighted by atomic mass is 16.3. The molecule has 0 unspecified atom stereocenters. The molecule has 78 valence electrons. The highest BCUT2D eigenvalue weighted by molar-refractivity contribution is 5.77. The second-order valence-corrected chi connectivity index (χ2v) is 4.55. The van der Waals surface area contributed by atoms with Crippen molar-refractivity contribution in [2.75, 3.05) is 0 Å². The lowest BCUT2D eigenvalue weighted by Gasteiger charge is -2.21. The minimum atomic E-state index is 0.790. The molecular formula is C14H16O. The number of benzene rings is 1. The van der Waals surface area contributed by atoms with Crippen molar-refractivity contribution in [3.63, 3.8) is 0 Å². The molecule has 1 aromatic heterocycles. The third kappa shape index (κ3) is 1.67. The second-order valence-electron chi connectivity index (χ2n) is 4.55. The largest absolute Gasteiger partial charge is 0.464 e. The molecule has 1 heterocycles. The van der Waals surface area contributed by atoms with Crippen LogP contribution in [0.25, 0.3) is 11.0 Å². The predicted molar refractivity (Wildman–Crippen MR) is 62.0 cm³/mol. The van der Waals surface area contributed by atoms with Gasteiger partial charge in [0.25, 0.3) is 0 Å². The molecule has 0 radical (unpaired) electrons. The molecular weight excluding hydrogens is 184 g/mol. The molecule has 0 N–H and O–H groups in total. The first kappa shape index (κ1) is 9.02. The first-order valence-corrected chi connectivity index (χ1v) is 5.91. The van der Waals surface area contributed by atoms with Crippen LogP contribution in [0.4, 0.5) is 0 Å². The summed E-state index contributed by atoms with van der Waals surface area (Å²) >= 11 is 0. The van der Waals surface area contributed by atoms with Gasteiger partial charge in [-0.1, -0.05) is 25.3 Å². The first-order chi connectivity index (χ1) is 7.43. The van der Waals surface area contributed by atoms with E-state index in [1.165, 1.54) is 43.1 Å². The molecule has 2 aromatic rings. The molecule has 1 aliphatic rings. The Balaban J connectivity index is 1.95. The van der Waals surface area contributed by atoms with Gasteiger partial charge in [-0.25, -0.2) is 0 Å². The van der Waals surface area contributed by atoms with Crippen molar-refractivity contribution < 1.29 is 4.42 Å². The minimum absolute atomic E-state index is 0.790. The molecule has 0 spiro atoms. The molecule has 0 bridgehead atoms. The van der Waals surface area contributed by atoms with Gasteiger partial charge in [0, 0.05) is 5.39 Å². The van der Waals surface area contributed by atoms with Gasteiger partial charge in [-0.3, -0.25) is 0 Å². The summed E-state index contributed by atoms with van der Waals surface area (Å²) in [5, 5.41) is 1.25. The lowest BCUT2D eigenvalue weighted by atomic mass is 9.84. The lowest BCUT2D eigenvalue weighted by Crippen LogP contribution is -2.03. The maximum absolute atomic E-state index is 5.36. The Morgan fingerprint density at radius 3 is 2.73 bits per heavy atom. The second kappa shape index (κ2) is 3.73. The summed E-state index contributed by atoms with van der Waals surface area (Å²) in [6, 6.07) is 8.71. The Labute approximate surface area is 90.1 Å². The molecule has 1 heteroatoms. The Kier molecular flexibility index (Phi) is 2.24. The van der Waals surface area contributed by atoms with Gasteiger partial charge in [0.1, 0.15) is 5.58 Å². The lowest BCUT2D eigenvalue weighted by molar-refractivity contribution is 0.444. The average Bonchev–Trinajstić information content (AvgIpc) is 2.77. The zero-order chi connectivity index (χ0) is 10.1. The molecule has 1 saturated carbocycles. The predicted octanol–water partition coefficient (Wildman–Crippen LogP) is 4.48. The van der Waals surface area contributed by atoms with Crippen molar-refractivity contribution in [3.05, 3.63) is 36.1 Å². The molecule has 3 rings (SSSR count). The van der Waals surface area contributed by atoms with Crippen molar-refractivity contribution in [1.82, 2.24) is 0 Å². The highest BCUT2D eigenvalue weighted by Crippen LogP contribution is 2.33. The molecule has 0 amide bonds. The van der Waals surface area contributed by atoms with Crippen molar-refractivity contribution in [2.45, 2.75) is 38.0 Å². The maximum atomic E-state index is 5.36.